The second kappa shape index (κ2) is 12.6. The van der Waals surface area contributed by atoms with Crippen LogP contribution in [-0.4, -0.2) is 66.6 Å². The molecule has 11 heteroatoms. The summed E-state index contributed by atoms with van der Waals surface area (Å²) in [6.45, 7) is 0.650. The average molecular weight is 561 g/mol. The van der Waals surface area contributed by atoms with E-state index in [9.17, 15) is 19.2 Å². The summed E-state index contributed by atoms with van der Waals surface area (Å²) in [5.41, 5.74) is 1.63. The van der Waals surface area contributed by atoms with E-state index < -0.39 is 18.1 Å². The number of carbonyl (C=O) groups is 3. The van der Waals surface area contributed by atoms with Gasteiger partial charge in [0.2, 0.25) is 11.5 Å². The maximum atomic E-state index is 13.1. The summed E-state index contributed by atoms with van der Waals surface area (Å²) in [5, 5.41) is 5.91. The first-order valence-corrected chi connectivity index (χ1v) is 13.5. The van der Waals surface area contributed by atoms with Crippen LogP contribution in [0.25, 0.3) is 0 Å². The molecule has 0 aliphatic carbocycles. The summed E-state index contributed by atoms with van der Waals surface area (Å²) in [7, 11) is 1.51. The molecule has 11 nitrogen and oxygen atoms in total. The fourth-order valence-corrected chi connectivity index (χ4v) is 4.92. The fourth-order valence-electron chi connectivity index (χ4n) is 4.92. The zero-order valence-corrected chi connectivity index (χ0v) is 22.7. The van der Waals surface area contributed by atoms with E-state index in [0.29, 0.717) is 49.6 Å². The summed E-state index contributed by atoms with van der Waals surface area (Å²) >= 11 is 0. The highest BCUT2D eigenvalue weighted by Crippen LogP contribution is 2.29. The second-order valence-electron chi connectivity index (χ2n) is 9.99. The van der Waals surface area contributed by atoms with Crippen LogP contribution in [0, 0.1) is 0 Å². The number of aromatic nitrogens is 1. The Morgan fingerprint density at radius 1 is 0.976 bits per heavy atom. The van der Waals surface area contributed by atoms with Crippen LogP contribution in [0.2, 0.25) is 0 Å². The van der Waals surface area contributed by atoms with Gasteiger partial charge in [-0.25, -0.2) is 0 Å². The number of benzene rings is 2. The number of rotatable bonds is 2. The lowest BCUT2D eigenvalue weighted by Crippen LogP contribution is -2.58. The maximum Gasteiger partial charge on any atom is 0.270 e. The van der Waals surface area contributed by atoms with Crippen molar-refractivity contribution in [3.8, 4) is 17.2 Å². The third-order valence-corrected chi connectivity index (χ3v) is 7.11. The minimum absolute atomic E-state index is 0.0700. The molecular formula is C30H32N4O7. The molecule has 2 aromatic carbocycles. The van der Waals surface area contributed by atoms with Crippen molar-refractivity contribution < 1.29 is 28.6 Å². The molecule has 0 unspecified atom stereocenters. The molecule has 0 saturated carbocycles. The SMILES string of the molecule is COc1cc2ccc1OCC(=O)N[C@@H]1CN(C(=O)c3cccc(=O)[nH]3)CC[C@H]1Oc1ccc(cc1)CNC(=O)CC2. The second-order valence-corrected chi connectivity index (χ2v) is 9.99. The molecule has 214 valence electrons. The van der Waals surface area contributed by atoms with Crippen LogP contribution in [0.15, 0.2) is 65.5 Å². The Morgan fingerprint density at radius 2 is 1.78 bits per heavy atom. The number of hydrogen-bond donors (Lipinski definition) is 3. The molecular weight excluding hydrogens is 528 g/mol. The standard InChI is InChI=1S/C30H32N4O7/c1-39-26-15-19-7-11-25(26)40-18-29(37)33-23-17-34(30(38)22-3-2-4-28(36)32-22)14-13-24(23)41-21-9-5-20(6-10-21)16-31-27(35)12-8-19/h2-7,9-11,15,23-24H,8,12-14,16-18H2,1H3,(H,31,35)(H,32,36)(H,33,37)/t23-,24-/m1/s1. The topological polar surface area (TPSA) is 139 Å². The fraction of sp³-hybridized carbons (Fsp3) is 0.333. The van der Waals surface area contributed by atoms with Gasteiger partial charge in [-0.2, -0.15) is 0 Å². The van der Waals surface area contributed by atoms with Gasteiger partial charge >= 0.3 is 0 Å². The van der Waals surface area contributed by atoms with E-state index in [1.165, 1.54) is 19.2 Å². The molecule has 3 amide bonds. The number of ether oxygens (including phenoxy) is 3. The minimum atomic E-state index is -0.548. The molecule has 8 rings (SSSR count). The largest absolute Gasteiger partial charge is 0.493 e. The lowest BCUT2D eigenvalue weighted by Gasteiger charge is -2.38. The lowest BCUT2D eigenvalue weighted by atomic mass is 10.0. The highest BCUT2D eigenvalue weighted by Gasteiger charge is 2.35. The monoisotopic (exact) mass is 560 g/mol. The third kappa shape index (κ3) is 7.05. The zero-order valence-electron chi connectivity index (χ0n) is 22.7. The summed E-state index contributed by atoms with van der Waals surface area (Å²) < 4.78 is 17.5. The molecule has 41 heavy (non-hydrogen) atoms. The van der Waals surface area contributed by atoms with Crippen LogP contribution in [0.5, 0.6) is 17.2 Å². The Morgan fingerprint density at radius 3 is 2.56 bits per heavy atom. The highest BCUT2D eigenvalue weighted by molar-refractivity contribution is 5.92. The van der Waals surface area contributed by atoms with Gasteiger partial charge in [0.15, 0.2) is 18.1 Å². The number of aryl methyl sites for hydroxylation is 1. The van der Waals surface area contributed by atoms with Crippen LogP contribution in [-0.2, 0) is 22.6 Å². The molecule has 6 heterocycles. The van der Waals surface area contributed by atoms with Crippen molar-refractivity contribution in [3.63, 3.8) is 0 Å². The quantitative estimate of drug-likeness (QED) is 0.434. The van der Waals surface area contributed by atoms with E-state index in [-0.39, 0.29) is 36.2 Å². The summed E-state index contributed by atoms with van der Waals surface area (Å²) in [6, 6.07) is 16.6. The van der Waals surface area contributed by atoms with Gasteiger partial charge in [0.25, 0.3) is 11.8 Å². The molecule has 2 atom stereocenters. The van der Waals surface area contributed by atoms with Crippen LogP contribution in [0.1, 0.15) is 34.5 Å². The highest BCUT2D eigenvalue weighted by atomic mass is 16.5. The van der Waals surface area contributed by atoms with E-state index in [4.69, 9.17) is 14.2 Å². The lowest BCUT2D eigenvalue weighted by molar-refractivity contribution is -0.125. The van der Waals surface area contributed by atoms with E-state index >= 15 is 0 Å². The predicted octanol–water partition coefficient (Wildman–Crippen LogP) is 1.80. The van der Waals surface area contributed by atoms with Crippen LogP contribution < -0.4 is 30.4 Å². The third-order valence-electron chi connectivity index (χ3n) is 7.11. The number of hydrogen-bond acceptors (Lipinski definition) is 7. The Bertz CT molecular complexity index is 1470. The van der Waals surface area contributed by atoms with Gasteiger partial charge in [0.1, 0.15) is 17.5 Å². The Labute approximate surface area is 236 Å². The first-order valence-electron chi connectivity index (χ1n) is 13.5. The van der Waals surface area contributed by atoms with Gasteiger partial charge in [-0.15, -0.1) is 0 Å². The number of H-pyrrole nitrogens is 1. The van der Waals surface area contributed by atoms with Crippen molar-refractivity contribution in [1.82, 2.24) is 20.5 Å². The number of nitrogens with zero attached hydrogens (tertiary/aromatic N) is 1. The molecule has 3 aromatic rings. The molecule has 0 spiro atoms. The number of pyridine rings is 1. The van der Waals surface area contributed by atoms with Gasteiger partial charge in [-0.1, -0.05) is 24.3 Å². The Kier molecular flexibility index (Phi) is 8.52. The van der Waals surface area contributed by atoms with Crippen molar-refractivity contribution in [2.24, 2.45) is 0 Å². The van der Waals surface area contributed by atoms with Crippen LogP contribution >= 0.6 is 0 Å². The average Bonchev–Trinajstić information content (AvgIpc) is 2.98. The van der Waals surface area contributed by atoms with Crippen molar-refractivity contribution in [1.29, 1.82) is 0 Å². The molecule has 5 aliphatic rings. The van der Waals surface area contributed by atoms with Crippen molar-refractivity contribution >= 4 is 17.7 Å². The molecule has 4 bridgehead atoms. The minimum Gasteiger partial charge on any atom is -0.493 e. The van der Waals surface area contributed by atoms with E-state index in [0.717, 1.165) is 11.1 Å². The maximum absolute atomic E-state index is 13.1. The van der Waals surface area contributed by atoms with E-state index in [2.05, 4.69) is 15.6 Å². The first-order chi connectivity index (χ1) is 19.9. The smallest absolute Gasteiger partial charge is 0.270 e. The Balaban J connectivity index is 1.38. The van der Waals surface area contributed by atoms with Crippen molar-refractivity contribution in [2.75, 3.05) is 26.8 Å². The number of likely N-dealkylation sites (tertiary alicyclic amines) is 1. The molecule has 1 aromatic heterocycles. The van der Waals surface area contributed by atoms with Gasteiger partial charge in [-0.05, 0) is 47.9 Å². The van der Waals surface area contributed by atoms with E-state index in [1.807, 2.05) is 30.3 Å². The van der Waals surface area contributed by atoms with Crippen LogP contribution in [0.4, 0.5) is 0 Å². The first kappa shape index (κ1) is 27.8. The van der Waals surface area contributed by atoms with Gasteiger partial charge in [0.05, 0.1) is 13.2 Å². The van der Waals surface area contributed by atoms with Gasteiger partial charge in [-0.3, -0.25) is 19.2 Å². The van der Waals surface area contributed by atoms with E-state index in [1.54, 1.807) is 23.1 Å². The summed E-state index contributed by atoms with van der Waals surface area (Å²) in [6.07, 6.45) is 0.852. The molecule has 1 fully saturated rings. The summed E-state index contributed by atoms with van der Waals surface area (Å²) in [4.78, 5) is 54.5. The van der Waals surface area contributed by atoms with Crippen molar-refractivity contribution in [3.05, 3.63) is 87.8 Å². The van der Waals surface area contributed by atoms with Crippen molar-refractivity contribution in [2.45, 2.75) is 38.0 Å². The zero-order chi connectivity index (χ0) is 28.8. The predicted molar refractivity (Wildman–Crippen MR) is 149 cm³/mol. The molecule has 0 radical (unpaired) electrons. The number of piperidine rings is 1. The Hall–Kier alpha value is -4.80. The molecule has 1 saturated heterocycles. The molecule has 3 N–H and O–H groups in total. The number of amides is 3. The van der Waals surface area contributed by atoms with Gasteiger partial charge in [0, 0.05) is 38.5 Å². The number of carbonyl (C=O) groups excluding carboxylic acids is 3. The van der Waals surface area contributed by atoms with Crippen LogP contribution in [0.3, 0.4) is 0 Å². The number of methoxy groups -OCH3 is 1. The summed E-state index contributed by atoms with van der Waals surface area (Å²) in [5.74, 6) is 0.655. The number of nitrogens with one attached hydrogen (secondary N) is 3. The normalized spacial score (nSPS) is 19.7. The van der Waals surface area contributed by atoms with Gasteiger partial charge < -0.3 is 34.7 Å². The number of aromatic amines is 1. The molecule has 5 aliphatic heterocycles.